The maximum atomic E-state index is 11.4. The number of hydrogen-bond donors (Lipinski definition) is 1. The van der Waals surface area contributed by atoms with Gasteiger partial charge in [0.05, 0.1) is 11.6 Å². The number of nitriles is 1. The van der Waals surface area contributed by atoms with E-state index in [4.69, 9.17) is 5.26 Å². The van der Waals surface area contributed by atoms with Crippen LogP contribution in [0.3, 0.4) is 0 Å². The molecule has 0 aliphatic carbocycles. The maximum absolute atomic E-state index is 11.4. The molecule has 0 saturated carbocycles. The van der Waals surface area contributed by atoms with Crippen LogP contribution in [0.5, 0.6) is 0 Å². The second-order valence-electron chi connectivity index (χ2n) is 4.34. The Labute approximate surface area is 112 Å². The van der Waals surface area contributed by atoms with Gasteiger partial charge in [-0.1, -0.05) is 26.3 Å². The molecule has 0 bridgehead atoms. The van der Waals surface area contributed by atoms with Crippen LogP contribution >= 0.6 is 0 Å². The van der Waals surface area contributed by atoms with Gasteiger partial charge in [0.15, 0.2) is 0 Å². The topological polar surface area (TPSA) is 81.4 Å². The molecule has 5 heteroatoms. The van der Waals surface area contributed by atoms with Crippen molar-refractivity contribution in [1.29, 1.82) is 5.26 Å². The molecule has 0 saturated heterocycles. The standard InChI is InChI=1S/C14H16N2O3/c1-3-10(2)13(14(18)19)16(9-17)12-6-4-5-11(7-12)8-15/h4-7,9-10,13H,3H2,1-2H3,(H,18,19). The zero-order chi connectivity index (χ0) is 14.4. The third-order valence-electron chi connectivity index (χ3n) is 3.12. The highest BCUT2D eigenvalue weighted by Gasteiger charge is 2.30. The van der Waals surface area contributed by atoms with Gasteiger partial charge in [0, 0.05) is 5.69 Å². The lowest BCUT2D eigenvalue weighted by Crippen LogP contribution is -2.45. The van der Waals surface area contributed by atoms with Crippen LogP contribution in [0.4, 0.5) is 5.69 Å². The highest BCUT2D eigenvalue weighted by molar-refractivity contribution is 5.88. The second-order valence-corrected chi connectivity index (χ2v) is 4.34. The summed E-state index contributed by atoms with van der Waals surface area (Å²) in [6, 6.07) is 7.39. The van der Waals surface area contributed by atoms with E-state index < -0.39 is 12.0 Å². The van der Waals surface area contributed by atoms with E-state index in [0.29, 0.717) is 24.1 Å². The molecule has 100 valence electrons. The van der Waals surface area contributed by atoms with Crippen molar-refractivity contribution in [2.24, 2.45) is 5.92 Å². The minimum atomic E-state index is -1.05. The fraction of sp³-hybridized carbons (Fsp3) is 0.357. The molecular weight excluding hydrogens is 244 g/mol. The molecule has 5 nitrogen and oxygen atoms in total. The lowest BCUT2D eigenvalue weighted by molar-refractivity contribution is -0.140. The number of anilines is 1. The second kappa shape index (κ2) is 6.55. The van der Waals surface area contributed by atoms with E-state index in [1.807, 2.05) is 13.0 Å². The largest absolute Gasteiger partial charge is 0.480 e. The number of aliphatic carboxylic acids is 1. The fourth-order valence-electron chi connectivity index (χ4n) is 1.88. The van der Waals surface area contributed by atoms with Gasteiger partial charge in [-0.3, -0.25) is 4.79 Å². The number of carbonyl (C=O) groups is 2. The zero-order valence-corrected chi connectivity index (χ0v) is 10.9. The molecule has 0 aromatic heterocycles. The molecule has 1 rings (SSSR count). The molecule has 1 amide bonds. The summed E-state index contributed by atoms with van der Waals surface area (Å²) in [4.78, 5) is 23.8. The quantitative estimate of drug-likeness (QED) is 0.793. The predicted octanol–water partition coefficient (Wildman–Crippen LogP) is 2.02. The Hall–Kier alpha value is -2.35. The van der Waals surface area contributed by atoms with Crippen LogP contribution < -0.4 is 4.90 Å². The fourth-order valence-corrected chi connectivity index (χ4v) is 1.88. The minimum absolute atomic E-state index is 0.187. The van der Waals surface area contributed by atoms with Gasteiger partial charge in [-0.05, 0) is 24.1 Å². The number of carboxylic acid groups (broad SMARTS) is 1. The van der Waals surface area contributed by atoms with Crippen molar-refractivity contribution < 1.29 is 14.7 Å². The molecule has 1 aromatic rings. The van der Waals surface area contributed by atoms with Crippen LogP contribution in [-0.4, -0.2) is 23.5 Å². The Bertz CT molecular complexity index is 508. The molecule has 1 N–H and O–H groups in total. The first kappa shape index (κ1) is 14.7. The lowest BCUT2D eigenvalue weighted by atomic mass is 9.97. The van der Waals surface area contributed by atoms with E-state index in [-0.39, 0.29) is 5.92 Å². The van der Waals surface area contributed by atoms with Crippen molar-refractivity contribution in [3.63, 3.8) is 0 Å². The van der Waals surface area contributed by atoms with E-state index in [0.717, 1.165) is 4.90 Å². The van der Waals surface area contributed by atoms with Gasteiger partial charge in [0.1, 0.15) is 6.04 Å². The van der Waals surface area contributed by atoms with E-state index >= 15 is 0 Å². The molecule has 0 aliphatic heterocycles. The van der Waals surface area contributed by atoms with Crippen molar-refractivity contribution >= 4 is 18.1 Å². The molecule has 2 unspecified atom stereocenters. The van der Waals surface area contributed by atoms with Gasteiger partial charge in [-0.25, -0.2) is 4.79 Å². The van der Waals surface area contributed by atoms with Crippen molar-refractivity contribution in [2.75, 3.05) is 4.90 Å². The van der Waals surface area contributed by atoms with Gasteiger partial charge in [0.25, 0.3) is 0 Å². The van der Waals surface area contributed by atoms with Crippen LogP contribution in [-0.2, 0) is 9.59 Å². The summed E-state index contributed by atoms with van der Waals surface area (Å²) in [5.41, 5.74) is 0.805. The first-order valence-electron chi connectivity index (χ1n) is 6.01. The van der Waals surface area contributed by atoms with E-state index in [2.05, 4.69) is 0 Å². The molecule has 0 heterocycles. The highest BCUT2D eigenvalue weighted by atomic mass is 16.4. The first-order valence-corrected chi connectivity index (χ1v) is 6.01. The maximum Gasteiger partial charge on any atom is 0.327 e. The number of hydrogen-bond acceptors (Lipinski definition) is 3. The van der Waals surface area contributed by atoms with Crippen LogP contribution in [0.15, 0.2) is 24.3 Å². The summed E-state index contributed by atoms with van der Waals surface area (Å²) in [6.07, 6.45) is 1.14. The molecule has 0 aliphatic rings. The van der Waals surface area contributed by atoms with Gasteiger partial charge in [0.2, 0.25) is 6.41 Å². The third kappa shape index (κ3) is 3.32. The van der Waals surface area contributed by atoms with E-state index in [1.165, 1.54) is 6.07 Å². The van der Waals surface area contributed by atoms with Crippen molar-refractivity contribution in [1.82, 2.24) is 0 Å². The van der Waals surface area contributed by atoms with Gasteiger partial charge in [-0.2, -0.15) is 5.26 Å². The molecule has 0 spiro atoms. The Morgan fingerprint density at radius 3 is 2.74 bits per heavy atom. The summed E-state index contributed by atoms with van der Waals surface area (Å²) in [7, 11) is 0. The van der Waals surface area contributed by atoms with Crippen LogP contribution in [0.1, 0.15) is 25.8 Å². The Morgan fingerprint density at radius 2 is 2.26 bits per heavy atom. The number of nitrogens with zero attached hydrogens (tertiary/aromatic N) is 2. The summed E-state index contributed by atoms with van der Waals surface area (Å²) in [5.74, 6) is -1.24. The molecule has 0 fully saturated rings. The SMILES string of the molecule is CCC(C)C(C(=O)O)N(C=O)c1cccc(C#N)c1. The average Bonchev–Trinajstić information content (AvgIpc) is 2.43. The van der Waals surface area contributed by atoms with Crippen LogP contribution in [0.2, 0.25) is 0 Å². The van der Waals surface area contributed by atoms with Crippen molar-refractivity contribution in [3.8, 4) is 6.07 Å². The van der Waals surface area contributed by atoms with Crippen LogP contribution in [0, 0.1) is 17.2 Å². The number of amides is 1. The van der Waals surface area contributed by atoms with Gasteiger partial charge >= 0.3 is 5.97 Å². The van der Waals surface area contributed by atoms with E-state index in [9.17, 15) is 14.7 Å². The van der Waals surface area contributed by atoms with Gasteiger partial charge in [-0.15, -0.1) is 0 Å². The average molecular weight is 260 g/mol. The lowest BCUT2D eigenvalue weighted by Gasteiger charge is -2.29. The monoisotopic (exact) mass is 260 g/mol. The smallest absolute Gasteiger partial charge is 0.327 e. The number of carboxylic acids is 1. The highest BCUT2D eigenvalue weighted by Crippen LogP contribution is 2.22. The summed E-state index contributed by atoms with van der Waals surface area (Å²) in [6.45, 7) is 3.65. The van der Waals surface area contributed by atoms with E-state index in [1.54, 1.807) is 25.1 Å². The summed E-state index contributed by atoms with van der Waals surface area (Å²) >= 11 is 0. The molecule has 0 radical (unpaired) electrons. The Kier molecular flexibility index (Phi) is 5.07. The molecular formula is C14H16N2O3. The molecule has 19 heavy (non-hydrogen) atoms. The molecule has 1 aromatic carbocycles. The van der Waals surface area contributed by atoms with Crippen LogP contribution in [0.25, 0.3) is 0 Å². The Morgan fingerprint density at radius 1 is 1.58 bits per heavy atom. The normalized spacial score (nSPS) is 13.1. The summed E-state index contributed by atoms with van der Waals surface area (Å²) < 4.78 is 0. The third-order valence-corrected chi connectivity index (χ3v) is 3.12. The zero-order valence-electron chi connectivity index (χ0n) is 10.9. The predicted molar refractivity (Wildman–Crippen MR) is 70.6 cm³/mol. The van der Waals surface area contributed by atoms with Crippen molar-refractivity contribution in [3.05, 3.63) is 29.8 Å². The minimum Gasteiger partial charge on any atom is -0.480 e. The number of benzene rings is 1. The van der Waals surface area contributed by atoms with Gasteiger partial charge < -0.3 is 10.0 Å². The van der Waals surface area contributed by atoms with Crippen molar-refractivity contribution in [2.45, 2.75) is 26.3 Å². The number of rotatable bonds is 6. The molecule has 2 atom stereocenters. The Balaban J connectivity index is 3.20. The first-order chi connectivity index (χ1) is 9.04. The summed E-state index contributed by atoms with van der Waals surface area (Å²) in [5, 5.41) is 18.1. The number of carbonyl (C=O) groups excluding carboxylic acids is 1.